The number of carbonyl (C=O) groups excluding carboxylic acids is 3. The summed E-state index contributed by atoms with van der Waals surface area (Å²) in [4.78, 5) is 39.4. The summed E-state index contributed by atoms with van der Waals surface area (Å²) in [7, 11) is 0. The maximum atomic E-state index is 13.2. The van der Waals surface area contributed by atoms with Gasteiger partial charge in [-0.15, -0.1) is 0 Å². The van der Waals surface area contributed by atoms with Crippen molar-refractivity contribution >= 4 is 35.0 Å². The van der Waals surface area contributed by atoms with Crippen molar-refractivity contribution in [3.63, 3.8) is 0 Å². The number of rotatable bonds is 3. The Bertz CT molecular complexity index is 927. The summed E-state index contributed by atoms with van der Waals surface area (Å²) in [6.45, 7) is -0.780. The minimum atomic E-state index is -5.16. The van der Waals surface area contributed by atoms with E-state index in [4.69, 9.17) is 11.6 Å². The first kappa shape index (κ1) is 18.7. The molecule has 29 heavy (non-hydrogen) atoms. The fourth-order valence-electron chi connectivity index (χ4n) is 5.36. The van der Waals surface area contributed by atoms with E-state index in [1.807, 2.05) is 12.2 Å². The number of hydrogen-bond donors (Lipinski definition) is 0. The number of benzene rings is 1. The van der Waals surface area contributed by atoms with Crippen LogP contribution in [0.1, 0.15) is 6.42 Å². The largest absolute Gasteiger partial charge is 0.471 e. The zero-order chi connectivity index (χ0) is 20.7. The maximum Gasteiger partial charge on any atom is 0.471 e. The third kappa shape index (κ3) is 2.72. The minimum Gasteiger partial charge on any atom is -0.286 e. The van der Waals surface area contributed by atoms with Crippen LogP contribution in [0.2, 0.25) is 5.02 Å². The first-order chi connectivity index (χ1) is 13.7. The van der Waals surface area contributed by atoms with Crippen molar-refractivity contribution in [1.29, 1.82) is 0 Å². The zero-order valence-corrected chi connectivity index (χ0v) is 15.7. The average molecular weight is 425 g/mol. The van der Waals surface area contributed by atoms with E-state index in [0.717, 1.165) is 11.3 Å². The molecule has 0 unspecified atom stereocenters. The van der Waals surface area contributed by atoms with Crippen LogP contribution in [0.15, 0.2) is 36.4 Å². The summed E-state index contributed by atoms with van der Waals surface area (Å²) in [6, 6.07) is 5.34. The Morgan fingerprint density at radius 1 is 1.10 bits per heavy atom. The highest BCUT2D eigenvalue weighted by atomic mass is 35.5. The van der Waals surface area contributed by atoms with Crippen LogP contribution in [0.25, 0.3) is 0 Å². The van der Waals surface area contributed by atoms with Crippen LogP contribution in [0.3, 0.4) is 0 Å². The number of likely N-dealkylation sites (tertiary alicyclic amines) is 1. The molecule has 5 aliphatic rings. The number of allylic oxidation sites excluding steroid dienone is 2. The van der Waals surface area contributed by atoms with Crippen molar-refractivity contribution in [2.45, 2.75) is 12.6 Å². The van der Waals surface area contributed by atoms with E-state index in [-0.39, 0.29) is 22.5 Å². The van der Waals surface area contributed by atoms with Gasteiger partial charge in [-0.05, 0) is 48.3 Å². The van der Waals surface area contributed by atoms with Crippen LogP contribution in [-0.2, 0) is 14.4 Å². The zero-order valence-electron chi connectivity index (χ0n) is 15.0. The molecule has 3 fully saturated rings. The van der Waals surface area contributed by atoms with Gasteiger partial charge in [0.25, 0.3) is 0 Å². The normalized spacial score (nSPS) is 34.3. The van der Waals surface area contributed by atoms with Gasteiger partial charge in [0, 0.05) is 10.7 Å². The monoisotopic (exact) mass is 424 g/mol. The quantitative estimate of drug-likeness (QED) is 0.553. The fourth-order valence-corrected chi connectivity index (χ4v) is 5.54. The molecule has 9 heteroatoms. The van der Waals surface area contributed by atoms with Gasteiger partial charge in [-0.1, -0.05) is 29.8 Å². The molecule has 1 aliphatic heterocycles. The van der Waals surface area contributed by atoms with Crippen molar-refractivity contribution in [2.24, 2.45) is 35.5 Å². The van der Waals surface area contributed by atoms with Gasteiger partial charge in [0.2, 0.25) is 11.8 Å². The third-order valence-electron chi connectivity index (χ3n) is 6.64. The van der Waals surface area contributed by atoms with Crippen molar-refractivity contribution in [3.8, 4) is 0 Å². The molecule has 1 aromatic rings. The molecule has 0 radical (unpaired) electrons. The standard InChI is InChI=1S/C20H16ClF3N2O3/c21-9-2-1-3-10(6-9)25(19(29)20(22,23)24)8-26-17(27)15-11-4-5-12(14-7-13(11)14)16(15)18(26)28/h1-6,11-16H,7-8H2/t11-,12-,13-,14+,15+,16+/m1/s1. The fraction of sp³-hybridized carbons (Fsp3) is 0.450. The number of hydrogen-bond acceptors (Lipinski definition) is 3. The molecule has 0 aromatic heterocycles. The summed E-state index contributed by atoms with van der Waals surface area (Å²) < 4.78 is 39.7. The van der Waals surface area contributed by atoms with Gasteiger partial charge in [0.1, 0.15) is 6.67 Å². The number of amides is 3. The molecular formula is C20H16ClF3N2O3. The number of carbonyl (C=O) groups is 3. The molecule has 2 bridgehead atoms. The predicted octanol–water partition coefficient (Wildman–Crippen LogP) is 3.25. The van der Waals surface area contributed by atoms with Gasteiger partial charge in [0.15, 0.2) is 0 Å². The van der Waals surface area contributed by atoms with E-state index < -0.39 is 42.4 Å². The van der Waals surface area contributed by atoms with Gasteiger partial charge in [-0.2, -0.15) is 13.2 Å². The molecule has 2 saturated carbocycles. The van der Waals surface area contributed by atoms with Gasteiger partial charge >= 0.3 is 12.1 Å². The Balaban J connectivity index is 1.47. The molecule has 0 spiro atoms. The van der Waals surface area contributed by atoms with Crippen LogP contribution in [-0.4, -0.2) is 35.5 Å². The Morgan fingerprint density at radius 3 is 2.21 bits per heavy atom. The van der Waals surface area contributed by atoms with E-state index in [9.17, 15) is 27.6 Å². The topological polar surface area (TPSA) is 57.7 Å². The van der Waals surface area contributed by atoms with E-state index in [2.05, 4.69) is 0 Å². The second-order valence-corrected chi connectivity index (χ2v) is 8.55. The number of nitrogens with zero attached hydrogens (tertiary/aromatic N) is 2. The summed E-state index contributed by atoms with van der Waals surface area (Å²) in [6.07, 6.45) is -0.227. The van der Waals surface area contributed by atoms with E-state index >= 15 is 0 Å². The molecule has 4 aliphatic carbocycles. The number of anilines is 1. The van der Waals surface area contributed by atoms with Gasteiger partial charge in [-0.25, -0.2) is 0 Å². The first-order valence-electron chi connectivity index (χ1n) is 9.36. The number of halogens is 4. The Hall–Kier alpha value is -2.35. The molecule has 1 saturated heterocycles. The molecule has 6 atom stereocenters. The van der Waals surface area contributed by atoms with Crippen LogP contribution >= 0.6 is 11.6 Å². The predicted molar refractivity (Wildman–Crippen MR) is 96.4 cm³/mol. The lowest BCUT2D eigenvalue weighted by molar-refractivity contribution is -0.171. The first-order valence-corrected chi connectivity index (χ1v) is 9.74. The van der Waals surface area contributed by atoms with Crippen molar-refractivity contribution in [2.75, 3.05) is 11.6 Å². The van der Waals surface area contributed by atoms with Gasteiger partial charge < -0.3 is 0 Å². The highest BCUT2D eigenvalue weighted by Gasteiger charge is 2.67. The smallest absolute Gasteiger partial charge is 0.286 e. The molecule has 3 amide bonds. The van der Waals surface area contributed by atoms with Gasteiger partial charge in [0.05, 0.1) is 11.8 Å². The molecule has 5 nitrogen and oxygen atoms in total. The molecule has 6 rings (SSSR count). The summed E-state index contributed by atoms with van der Waals surface area (Å²) >= 11 is 5.87. The molecule has 1 heterocycles. The minimum absolute atomic E-state index is 0.0469. The second kappa shape index (κ2) is 6.08. The molecule has 0 N–H and O–H groups in total. The molecular weight excluding hydrogens is 409 g/mol. The highest BCUT2D eigenvalue weighted by molar-refractivity contribution is 6.31. The lowest BCUT2D eigenvalue weighted by Gasteiger charge is -2.37. The number of alkyl halides is 3. The third-order valence-corrected chi connectivity index (χ3v) is 6.88. The average Bonchev–Trinajstić information content (AvgIpc) is 3.44. The molecule has 1 aromatic carbocycles. The lowest BCUT2D eigenvalue weighted by atomic mass is 9.63. The van der Waals surface area contributed by atoms with E-state index in [1.165, 1.54) is 24.3 Å². The maximum absolute atomic E-state index is 13.2. The molecule has 152 valence electrons. The van der Waals surface area contributed by atoms with Crippen LogP contribution in [0, 0.1) is 35.5 Å². The van der Waals surface area contributed by atoms with Crippen LogP contribution < -0.4 is 4.90 Å². The van der Waals surface area contributed by atoms with Crippen LogP contribution in [0.5, 0.6) is 0 Å². The van der Waals surface area contributed by atoms with Crippen molar-refractivity contribution in [3.05, 3.63) is 41.4 Å². The second-order valence-electron chi connectivity index (χ2n) is 8.11. The Labute approximate surface area is 169 Å². The number of imide groups is 1. The van der Waals surface area contributed by atoms with E-state index in [1.54, 1.807) is 0 Å². The SMILES string of the molecule is O=C1[C@H]2[C@@H]3C=C[C@H]([C@@H]4C[C@H]34)[C@@H]2C(=O)N1CN(C(=O)C(F)(F)F)c1cccc(Cl)c1. The summed E-state index contributed by atoms with van der Waals surface area (Å²) in [5.74, 6) is -3.55. The lowest BCUT2D eigenvalue weighted by Crippen LogP contribution is -2.49. The van der Waals surface area contributed by atoms with Gasteiger partial charge in [-0.3, -0.25) is 24.2 Å². The van der Waals surface area contributed by atoms with Crippen LogP contribution in [0.4, 0.5) is 18.9 Å². The summed E-state index contributed by atoms with van der Waals surface area (Å²) in [5, 5.41) is 0.137. The Morgan fingerprint density at radius 2 is 1.69 bits per heavy atom. The van der Waals surface area contributed by atoms with E-state index in [0.29, 0.717) is 16.7 Å². The highest BCUT2D eigenvalue weighted by Crippen LogP contribution is 2.65. The Kier molecular flexibility index (Phi) is 3.91. The van der Waals surface area contributed by atoms with Crippen molar-refractivity contribution in [1.82, 2.24) is 4.90 Å². The van der Waals surface area contributed by atoms with Crippen molar-refractivity contribution < 1.29 is 27.6 Å². The summed E-state index contributed by atoms with van der Waals surface area (Å²) in [5.41, 5.74) is -0.126.